The smallest absolute Gasteiger partial charge is 0.309 e. The maximum atomic E-state index is 12.7. The molecule has 176 valence electrons. The van der Waals surface area contributed by atoms with Gasteiger partial charge in [0.1, 0.15) is 5.75 Å². The van der Waals surface area contributed by atoms with Gasteiger partial charge < -0.3 is 9.16 Å². The van der Waals surface area contributed by atoms with Crippen LogP contribution in [0.4, 0.5) is 5.69 Å². The molecule has 1 N–H and O–H groups in total. The molecule has 0 amide bonds. The van der Waals surface area contributed by atoms with Gasteiger partial charge in [-0.1, -0.05) is 52.6 Å². The van der Waals surface area contributed by atoms with Crippen LogP contribution in [0.3, 0.4) is 0 Å². The number of benzene rings is 1. The van der Waals surface area contributed by atoms with Gasteiger partial charge in [-0.25, -0.2) is 8.42 Å². The first-order valence-corrected chi connectivity index (χ1v) is 18.8. The van der Waals surface area contributed by atoms with E-state index in [1.807, 2.05) is 12.1 Å². The predicted octanol–water partition coefficient (Wildman–Crippen LogP) is 5.73. The Morgan fingerprint density at radius 1 is 1.10 bits per heavy atom. The number of ether oxygens (including phenoxy) is 1. The number of anilines is 1. The van der Waals surface area contributed by atoms with Crippen LogP contribution < -0.4 is 9.15 Å². The Balaban J connectivity index is 3.22. The summed E-state index contributed by atoms with van der Waals surface area (Å²) in [6.45, 7) is 13.0. The van der Waals surface area contributed by atoms with Crippen molar-refractivity contribution in [1.29, 1.82) is 0 Å². The zero-order chi connectivity index (χ0) is 23.7. The van der Waals surface area contributed by atoms with Crippen LogP contribution >= 0.6 is 0 Å². The maximum Gasteiger partial charge on any atom is 0.309 e. The average molecular weight is 486 g/mol. The summed E-state index contributed by atoms with van der Waals surface area (Å²) in [5, 5.41) is 0. The highest BCUT2D eigenvalue weighted by Crippen LogP contribution is 2.30. The molecule has 0 aromatic heterocycles. The van der Waals surface area contributed by atoms with E-state index in [1.54, 1.807) is 18.2 Å². The molecule has 0 atom stereocenters. The van der Waals surface area contributed by atoms with Gasteiger partial charge in [0.05, 0.1) is 25.0 Å². The number of carbonyl (C=O) groups is 1. The molecule has 0 saturated heterocycles. The largest absolute Gasteiger partial charge is 0.543 e. The average Bonchev–Trinajstić information content (AvgIpc) is 2.71. The second-order valence-corrected chi connectivity index (χ2v) is 21.2. The Kier molecular flexibility index (Phi) is 10.5. The van der Waals surface area contributed by atoms with E-state index in [1.165, 1.54) is 7.11 Å². The van der Waals surface area contributed by atoms with E-state index in [4.69, 9.17) is 4.43 Å². The van der Waals surface area contributed by atoms with Crippen LogP contribution in [-0.4, -0.2) is 43.6 Å². The molecule has 6 nitrogen and oxygen atoms in total. The van der Waals surface area contributed by atoms with Crippen molar-refractivity contribution in [3.63, 3.8) is 0 Å². The number of rotatable bonds is 13. The highest BCUT2D eigenvalue weighted by Gasteiger charge is 2.31. The van der Waals surface area contributed by atoms with Crippen LogP contribution in [0.2, 0.25) is 43.8 Å². The normalized spacial score (nSPS) is 12.7. The fraction of sp³-hybridized carbons (Fsp3) is 0.591. The summed E-state index contributed by atoms with van der Waals surface area (Å²) in [7, 11) is -5.48. The third-order valence-electron chi connectivity index (χ3n) is 5.49. The van der Waals surface area contributed by atoms with E-state index in [0.29, 0.717) is 17.3 Å². The summed E-state index contributed by atoms with van der Waals surface area (Å²) in [4.78, 5) is 11.5. The molecule has 0 fully saturated rings. The SMILES string of the molecule is CC[Si](CC)(CC)Oc1ccc(NS(=O)(=O)CC[Si](C)(C)C)c(/C=C/CC(=O)OC)c1. The molecule has 9 heteroatoms. The fourth-order valence-electron chi connectivity index (χ4n) is 3.08. The molecular weight excluding hydrogens is 446 g/mol. The number of hydrogen-bond acceptors (Lipinski definition) is 5. The lowest BCUT2D eigenvalue weighted by atomic mass is 10.1. The van der Waals surface area contributed by atoms with Gasteiger partial charge in [-0.2, -0.15) is 0 Å². The summed E-state index contributed by atoms with van der Waals surface area (Å²) in [6, 6.07) is 9.16. The first-order valence-electron chi connectivity index (χ1n) is 11.0. The minimum absolute atomic E-state index is 0.101. The summed E-state index contributed by atoms with van der Waals surface area (Å²) in [5.41, 5.74) is 1.16. The van der Waals surface area contributed by atoms with Crippen LogP contribution in [0.1, 0.15) is 32.8 Å². The maximum absolute atomic E-state index is 12.7. The van der Waals surface area contributed by atoms with Gasteiger partial charge in [0.25, 0.3) is 0 Å². The molecule has 0 heterocycles. The van der Waals surface area contributed by atoms with Gasteiger partial charge in [0.15, 0.2) is 0 Å². The van der Waals surface area contributed by atoms with E-state index in [0.717, 1.165) is 23.9 Å². The number of esters is 1. The molecule has 1 aromatic carbocycles. The van der Waals surface area contributed by atoms with E-state index in [9.17, 15) is 13.2 Å². The Labute approximate surface area is 190 Å². The van der Waals surface area contributed by atoms with Crippen LogP contribution in [0.25, 0.3) is 6.08 Å². The molecule has 0 unspecified atom stereocenters. The van der Waals surface area contributed by atoms with E-state index in [-0.39, 0.29) is 18.1 Å². The Bertz CT molecular complexity index is 851. The van der Waals surface area contributed by atoms with Crippen LogP contribution in [0.5, 0.6) is 5.75 Å². The first-order chi connectivity index (χ1) is 14.4. The quantitative estimate of drug-likeness (QED) is 0.285. The number of sulfonamides is 1. The van der Waals surface area contributed by atoms with Crippen molar-refractivity contribution in [2.75, 3.05) is 17.6 Å². The number of nitrogens with one attached hydrogen (secondary N) is 1. The zero-order valence-electron chi connectivity index (χ0n) is 20.1. The van der Waals surface area contributed by atoms with E-state index >= 15 is 0 Å². The van der Waals surface area contributed by atoms with Gasteiger partial charge in [-0.05, 0) is 42.4 Å². The van der Waals surface area contributed by atoms with Gasteiger partial charge >= 0.3 is 5.97 Å². The molecule has 1 aromatic rings. The lowest BCUT2D eigenvalue weighted by molar-refractivity contribution is -0.139. The second kappa shape index (κ2) is 11.9. The van der Waals surface area contributed by atoms with Crippen molar-refractivity contribution in [1.82, 2.24) is 0 Å². The van der Waals surface area contributed by atoms with Gasteiger partial charge in [-0.3, -0.25) is 9.52 Å². The van der Waals surface area contributed by atoms with E-state index in [2.05, 4.69) is 49.9 Å². The number of hydrogen-bond donors (Lipinski definition) is 1. The summed E-state index contributed by atoms with van der Waals surface area (Å²) in [6.07, 6.45) is 3.53. The molecule has 0 radical (unpaired) electrons. The van der Waals surface area contributed by atoms with Crippen molar-refractivity contribution < 1.29 is 22.4 Å². The topological polar surface area (TPSA) is 81.7 Å². The van der Waals surface area contributed by atoms with Gasteiger partial charge in [0.2, 0.25) is 18.3 Å². The first kappa shape index (κ1) is 27.4. The molecule has 0 aliphatic rings. The third-order valence-corrected chi connectivity index (χ3v) is 13.4. The second-order valence-electron chi connectivity index (χ2n) is 9.01. The lowest BCUT2D eigenvalue weighted by Gasteiger charge is -2.29. The predicted molar refractivity (Wildman–Crippen MR) is 135 cm³/mol. The van der Waals surface area contributed by atoms with Gasteiger partial charge in [-0.15, -0.1) is 0 Å². The standard InChI is InChI=1S/C22H39NO5SSi2/c1-8-31(9-2,10-3)28-20-14-15-21(19(18-20)12-11-13-22(24)27-4)23-29(25,26)16-17-30(5,6)7/h11-12,14-15,18,23H,8-10,13,16-17H2,1-7H3/b12-11+. The molecule has 0 bridgehead atoms. The highest BCUT2D eigenvalue weighted by atomic mass is 32.2. The molecule has 31 heavy (non-hydrogen) atoms. The zero-order valence-corrected chi connectivity index (χ0v) is 22.9. The fourth-order valence-corrected chi connectivity index (χ4v) is 9.78. The molecule has 1 rings (SSSR count). The van der Waals surface area contributed by atoms with Crippen molar-refractivity contribution in [2.45, 2.75) is 71.0 Å². The van der Waals surface area contributed by atoms with Crippen LogP contribution in [0.15, 0.2) is 24.3 Å². The molecule has 0 aliphatic carbocycles. The van der Waals surface area contributed by atoms with Crippen molar-refractivity contribution in [3.8, 4) is 5.75 Å². The summed E-state index contributed by atoms with van der Waals surface area (Å²) < 4.78 is 39.2. The Hall–Kier alpha value is -1.59. The lowest BCUT2D eigenvalue weighted by Crippen LogP contribution is -2.39. The van der Waals surface area contributed by atoms with Crippen LogP contribution in [-0.2, 0) is 19.6 Å². The highest BCUT2D eigenvalue weighted by molar-refractivity contribution is 7.92. The van der Waals surface area contributed by atoms with Gasteiger partial charge in [0, 0.05) is 13.6 Å². The molecule has 0 aliphatic heterocycles. The monoisotopic (exact) mass is 485 g/mol. The number of carbonyl (C=O) groups excluding carboxylic acids is 1. The minimum Gasteiger partial charge on any atom is -0.543 e. The van der Waals surface area contributed by atoms with Crippen molar-refractivity contribution in [3.05, 3.63) is 29.8 Å². The minimum atomic E-state index is -3.47. The third kappa shape index (κ3) is 9.61. The number of methoxy groups -OCH3 is 1. The summed E-state index contributed by atoms with van der Waals surface area (Å²) >= 11 is 0. The van der Waals surface area contributed by atoms with Crippen LogP contribution in [0, 0.1) is 0 Å². The molecule has 0 spiro atoms. The summed E-state index contributed by atoms with van der Waals surface area (Å²) in [5.74, 6) is 0.486. The molecular formula is C22H39NO5SSi2. The van der Waals surface area contributed by atoms with Crippen molar-refractivity contribution in [2.24, 2.45) is 0 Å². The molecule has 0 saturated carbocycles. The Morgan fingerprint density at radius 3 is 2.23 bits per heavy atom. The Morgan fingerprint density at radius 2 is 1.71 bits per heavy atom. The van der Waals surface area contributed by atoms with Crippen molar-refractivity contribution >= 4 is 44.1 Å². The van der Waals surface area contributed by atoms with E-state index < -0.39 is 26.4 Å².